The molecule has 2 rings (SSSR count). The number of aryl methyl sites for hydroxylation is 1. The largest absolute Gasteiger partial charge is 0.477 e. The maximum atomic E-state index is 12.2. The van der Waals surface area contributed by atoms with Crippen molar-refractivity contribution in [3.63, 3.8) is 0 Å². The van der Waals surface area contributed by atoms with Crippen LogP contribution in [0.15, 0.2) is 35.5 Å². The minimum Gasteiger partial charge on any atom is -0.477 e. The molecule has 0 unspecified atom stereocenters. The molecule has 1 N–H and O–H groups in total. The lowest BCUT2D eigenvalue weighted by atomic mass is 10.1. The second-order valence-electron chi connectivity index (χ2n) is 4.41. The average Bonchev–Trinajstić information content (AvgIpc) is 2.37. The van der Waals surface area contributed by atoms with Crippen molar-refractivity contribution in [2.75, 3.05) is 0 Å². The predicted molar refractivity (Wildman–Crippen MR) is 70.5 cm³/mol. The summed E-state index contributed by atoms with van der Waals surface area (Å²) in [5.74, 6) is -1.19. The highest BCUT2D eigenvalue weighted by Gasteiger charge is 2.16. The zero-order chi connectivity index (χ0) is 14.0. The molecule has 0 fully saturated rings. The lowest BCUT2D eigenvalue weighted by Crippen LogP contribution is -2.28. The molecule has 0 amide bonds. The van der Waals surface area contributed by atoms with Gasteiger partial charge in [-0.3, -0.25) is 9.78 Å². The molecule has 0 spiro atoms. The highest BCUT2D eigenvalue weighted by atomic mass is 16.4. The molecule has 0 aromatic carbocycles. The van der Waals surface area contributed by atoms with E-state index in [1.807, 2.05) is 0 Å². The van der Waals surface area contributed by atoms with Crippen LogP contribution in [0.3, 0.4) is 0 Å². The van der Waals surface area contributed by atoms with E-state index in [1.54, 1.807) is 44.6 Å². The topological polar surface area (TPSA) is 72.2 Å². The van der Waals surface area contributed by atoms with E-state index in [-0.39, 0.29) is 5.56 Å². The van der Waals surface area contributed by atoms with Gasteiger partial charge in [0.25, 0.3) is 5.56 Å². The van der Waals surface area contributed by atoms with E-state index in [4.69, 9.17) is 5.11 Å². The zero-order valence-corrected chi connectivity index (χ0v) is 10.8. The minimum atomic E-state index is -1.19. The van der Waals surface area contributed by atoms with Crippen molar-refractivity contribution >= 4 is 5.97 Å². The van der Waals surface area contributed by atoms with Gasteiger partial charge in [0.15, 0.2) is 0 Å². The van der Waals surface area contributed by atoms with Crippen LogP contribution in [0.2, 0.25) is 0 Å². The first kappa shape index (κ1) is 13.0. The Labute approximate surface area is 110 Å². The number of carbonyl (C=O) groups is 1. The van der Waals surface area contributed by atoms with Crippen molar-refractivity contribution in [1.29, 1.82) is 0 Å². The van der Waals surface area contributed by atoms with Crippen LogP contribution >= 0.6 is 0 Å². The molecule has 0 saturated heterocycles. The quantitative estimate of drug-likeness (QED) is 0.907. The van der Waals surface area contributed by atoms with Gasteiger partial charge in [0.05, 0.1) is 6.54 Å². The maximum Gasteiger partial charge on any atom is 0.341 e. The van der Waals surface area contributed by atoms with E-state index in [9.17, 15) is 9.59 Å². The van der Waals surface area contributed by atoms with Gasteiger partial charge in [-0.05, 0) is 42.7 Å². The molecule has 0 bridgehead atoms. The molecule has 0 saturated carbocycles. The van der Waals surface area contributed by atoms with Crippen LogP contribution < -0.4 is 5.56 Å². The summed E-state index contributed by atoms with van der Waals surface area (Å²) >= 11 is 0. The molecule has 0 aliphatic rings. The number of pyridine rings is 2. The Balaban J connectivity index is 2.54. The zero-order valence-electron chi connectivity index (χ0n) is 10.8. The molecule has 2 aromatic rings. The lowest BCUT2D eigenvalue weighted by molar-refractivity contribution is 0.0693. The Morgan fingerprint density at radius 2 is 1.95 bits per heavy atom. The summed E-state index contributed by atoms with van der Waals surface area (Å²) in [5, 5.41) is 9.14. The SMILES string of the molecule is Cc1cn(Cc2ccncc2)c(=O)c(C(=O)O)c1C. The van der Waals surface area contributed by atoms with Gasteiger partial charge in [0, 0.05) is 18.6 Å². The van der Waals surface area contributed by atoms with Gasteiger partial charge in [-0.25, -0.2) is 4.79 Å². The summed E-state index contributed by atoms with van der Waals surface area (Å²) in [6.07, 6.45) is 4.96. The van der Waals surface area contributed by atoms with E-state index in [1.165, 1.54) is 4.57 Å². The van der Waals surface area contributed by atoms with Crippen molar-refractivity contribution in [3.8, 4) is 0 Å². The maximum absolute atomic E-state index is 12.2. The fraction of sp³-hybridized carbons (Fsp3) is 0.214. The fourth-order valence-corrected chi connectivity index (χ4v) is 1.94. The van der Waals surface area contributed by atoms with E-state index < -0.39 is 11.5 Å². The molecule has 98 valence electrons. The molecule has 0 aliphatic carbocycles. The Morgan fingerprint density at radius 1 is 1.32 bits per heavy atom. The summed E-state index contributed by atoms with van der Waals surface area (Å²) in [6, 6.07) is 3.59. The minimum absolute atomic E-state index is 0.158. The van der Waals surface area contributed by atoms with Crippen LogP contribution in [-0.4, -0.2) is 20.6 Å². The third-order valence-electron chi connectivity index (χ3n) is 3.11. The Hall–Kier alpha value is -2.43. The number of nitrogens with zero attached hydrogens (tertiary/aromatic N) is 2. The molecule has 5 heteroatoms. The molecule has 0 atom stereocenters. The van der Waals surface area contributed by atoms with Crippen LogP contribution in [0.25, 0.3) is 0 Å². The Kier molecular flexibility index (Phi) is 3.46. The van der Waals surface area contributed by atoms with Crippen molar-refractivity contribution in [3.05, 3.63) is 63.3 Å². The van der Waals surface area contributed by atoms with Gasteiger partial charge in [0.1, 0.15) is 5.56 Å². The number of hydrogen-bond acceptors (Lipinski definition) is 3. The van der Waals surface area contributed by atoms with Crippen molar-refractivity contribution < 1.29 is 9.90 Å². The second-order valence-corrected chi connectivity index (χ2v) is 4.41. The molecule has 2 heterocycles. The third kappa shape index (κ3) is 2.54. The summed E-state index contributed by atoms with van der Waals surface area (Å²) < 4.78 is 1.42. The molecule has 0 radical (unpaired) electrons. The first-order valence-corrected chi connectivity index (χ1v) is 5.83. The highest BCUT2D eigenvalue weighted by molar-refractivity contribution is 5.89. The average molecular weight is 258 g/mol. The van der Waals surface area contributed by atoms with E-state index in [0.29, 0.717) is 12.1 Å². The van der Waals surface area contributed by atoms with Crippen LogP contribution in [0.1, 0.15) is 27.0 Å². The van der Waals surface area contributed by atoms with Crippen LogP contribution in [0.4, 0.5) is 0 Å². The number of aromatic nitrogens is 2. The molecule has 0 aliphatic heterocycles. The predicted octanol–water partition coefficient (Wildman–Crippen LogP) is 1.61. The lowest BCUT2D eigenvalue weighted by Gasteiger charge is -2.11. The number of carboxylic acid groups (broad SMARTS) is 1. The molecule has 2 aromatic heterocycles. The van der Waals surface area contributed by atoms with Gasteiger partial charge < -0.3 is 9.67 Å². The van der Waals surface area contributed by atoms with E-state index in [2.05, 4.69) is 4.98 Å². The Bertz CT molecular complexity index is 675. The van der Waals surface area contributed by atoms with Crippen LogP contribution in [0.5, 0.6) is 0 Å². The normalized spacial score (nSPS) is 10.4. The smallest absolute Gasteiger partial charge is 0.341 e. The van der Waals surface area contributed by atoms with Crippen molar-refractivity contribution in [2.45, 2.75) is 20.4 Å². The van der Waals surface area contributed by atoms with Gasteiger partial charge in [-0.2, -0.15) is 0 Å². The van der Waals surface area contributed by atoms with Gasteiger partial charge in [0.2, 0.25) is 0 Å². The summed E-state index contributed by atoms with van der Waals surface area (Å²) in [5.41, 5.74) is 1.56. The highest BCUT2D eigenvalue weighted by Crippen LogP contribution is 2.10. The Morgan fingerprint density at radius 3 is 2.53 bits per heavy atom. The molecule has 5 nitrogen and oxygen atoms in total. The number of aromatic carboxylic acids is 1. The number of carboxylic acids is 1. The van der Waals surface area contributed by atoms with Crippen LogP contribution in [-0.2, 0) is 6.54 Å². The summed E-state index contributed by atoms with van der Waals surface area (Å²) in [7, 11) is 0. The van der Waals surface area contributed by atoms with Gasteiger partial charge in [-0.1, -0.05) is 0 Å². The van der Waals surface area contributed by atoms with Crippen LogP contribution in [0, 0.1) is 13.8 Å². The third-order valence-corrected chi connectivity index (χ3v) is 3.11. The standard InChI is InChI=1S/C14H14N2O3/c1-9-7-16(8-11-3-5-15-6-4-11)13(17)12(10(9)2)14(18)19/h3-7H,8H2,1-2H3,(H,18,19). The van der Waals surface area contributed by atoms with Gasteiger partial charge >= 0.3 is 5.97 Å². The van der Waals surface area contributed by atoms with E-state index >= 15 is 0 Å². The molecular weight excluding hydrogens is 244 g/mol. The van der Waals surface area contributed by atoms with Gasteiger partial charge in [-0.15, -0.1) is 0 Å². The first-order valence-electron chi connectivity index (χ1n) is 5.83. The van der Waals surface area contributed by atoms with E-state index in [0.717, 1.165) is 11.1 Å². The summed E-state index contributed by atoms with van der Waals surface area (Å²) in [4.78, 5) is 27.2. The first-order chi connectivity index (χ1) is 9.00. The fourth-order valence-electron chi connectivity index (χ4n) is 1.94. The van der Waals surface area contributed by atoms with Crippen molar-refractivity contribution in [1.82, 2.24) is 9.55 Å². The summed E-state index contributed by atoms with van der Waals surface area (Å²) in [6.45, 7) is 3.78. The van der Waals surface area contributed by atoms with Crippen molar-refractivity contribution in [2.24, 2.45) is 0 Å². The number of hydrogen-bond donors (Lipinski definition) is 1. The second kappa shape index (κ2) is 5.06. The monoisotopic (exact) mass is 258 g/mol. The number of rotatable bonds is 3. The molecular formula is C14H14N2O3. The molecule has 19 heavy (non-hydrogen) atoms.